The number of carbonyl (C=O) groups is 1. The third-order valence-electron chi connectivity index (χ3n) is 5.33. The van der Waals surface area contributed by atoms with Crippen molar-refractivity contribution in [2.24, 2.45) is 0 Å². The van der Waals surface area contributed by atoms with E-state index in [0.717, 1.165) is 28.8 Å². The molecule has 1 N–H and O–H groups in total. The van der Waals surface area contributed by atoms with Crippen molar-refractivity contribution in [1.82, 2.24) is 19.7 Å². The molecule has 5 rings (SSSR count). The van der Waals surface area contributed by atoms with E-state index in [1.165, 1.54) is 11.3 Å². The summed E-state index contributed by atoms with van der Waals surface area (Å²) in [6.45, 7) is 1.29. The predicted molar refractivity (Wildman–Crippen MR) is 107 cm³/mol. The highest BCUT2D eigenvalue weighted by Gasteiger charge is 2.25. The summed E-state index contributed by atoms with van der Waals surface area (Å²) >= 11 is 0. The Hall–Kier alpha value is -3.54. The van der Waals surface area contributed by atoms with Crippen LogP contribution in [0, 0.1) is 0 Å². The Bertz CT molecular complexity index is 1160. The van der Waals surface area contributed by atoms with Gasteiger partial charge in [0.15, 0.2) is 0 Å². The fourth-order valence-corrected chi connectivity index (χ4v) is 3.88. The highest BCUT2D eigenvalue weighted by Crippen LogP contribution is 2.31. The summed E-state index contributed by atoms with van der Waals surface area (Å²) < 4.78 is 7.13. The standard InChI is InChI=1S/C22H20N4O2/c1-28-17-6-7-20-18(13-17)19-14-25(11-8-21(19)24-20)22(27)15-4-2-5-16(12-15)26-10-3-9-23-26/h2-7,9-10,12-13,24H,8,11,14H2,1H3. The second-order valence-electron chi connectivity index (χ2n) is 6.97. The molecule has 0 spiro atoms. The molecule has 0 saturated carbocycles. The van der Waals surface area contributed by atoms with Gasteiger partial charge in [-0.25, -0.2) is 4.68 Å². The molecule has 0 saturated heterocycles. The van der Waals surface area contributed by atoms with Crippen molar-refractivity contribution in [1.29, 1.82) is 0 Å². The zero-order valence-electron chi connectivity index (χ0n) is 15.6. The maximum Gasteiger partial charge on any atom is 0.254 e. The zero-order valence-corrected chi connectivity index (χ0v) is 15.6. The van der Waals surface area contributed by atoms with Gasteiger partial charge in [-0.2, -0.15) is 5.10 Å². The SMILES string of the molecule is COc1ccc2[nH]c3c(c2c1)CN(C(=O)c1cccc(-n2cccn2)c1)CC3. The van der Waals surface area contributed by atoms with Crippen LogP contribution in [-0.2, 0) is 13.0 Å². The summed E-state index contributed by atoms with van der Waals surface area (Å²) in [5.41, 5.74) is 5.02. The second-order valence-corrected chi connectivity index (χ2v) is 6.97. The third kappa shape index (κ3) is 2.74. The van der Waals surface area contributed by atoms with Gasteiger partial charge in [0, 0.05) is 59.6 Å². The van der Waals surface area contributed by atoms with Crippen molar-refractivity contribution in [2.75, 3.05) is 13.7 Å². The van der Waals surface area contributed by atoms with Gasteiger partial charge in [-0.15, -0.1) is 0 Å². The van der Waals surface area contributed by atoms with E-state index in [0.29, 0.717) is 18.7 Å². The van der Waals surface area contributed by atoms with Gasteiger partial charge in [-0.1, -0.05) is 6.07 Å². The van der Waals surface area contributed by atoms with Gasteiger partial charge in [0.25, 0.3) is 5.91 Å². The molecule has 3 heterocycles. The molecule has 0 bridgehead atoms. The second kappa shape index (κ2) is 6.56. The first-order chi connectivity index (χ1) is 13.7. The first-order valence-electron chi connectivity index (χ1n) is 9.30. The maximum atomic E-state index is 13.2. The third-order valence-corrected chi connectivity index (χ3v) is 5.33. The van der Waals surface area contributed by atoms with Crippen LogP contribution in [0.25, 0.3) is 16.6 Å². The smallest absolute Gasteiger partial charge is 0.254 e. The van der Waals surface area contributed by atoms with Gasteiger partial charge < -0.3 is 14.6 Å². The van der Waals surface area contributed by atoms with Gasteiger partial charge in [0.05, 0.1) is 12.8 Å². The van der Waals surface area contributed by atoms with Gasteiger partial charge in [0.2, 0.25) is 0 Å². The molecule has 2 aromatic heterocycles. The van der Waals surface area contributed by atoms with Crippen molar-refractivity contribution in [3.63, 3.8) is 0 Å². The monoisotopic (exact) mass is 372 g/mol. The molecule has 0 atom stereocenters. The molecule has 140 valence electrons. The minimum atomic E-state index is 0.0388. The Labute approximate surface area is 162 Å². The van der Waals surface area contributed by atoms with E-state index in [9.17, 15) is 4.79 Å². The molecule has 6 nitrogen and oxygen atoms in total. The lowest BCUT2D eigenvalue weighted by Crippen LogP contribution is -2.35. The molecule has 0 fully saturated rings. The van der Waals surface area contributed by atoms with Crippen LogP contribution in [0.2, 0.25) is 0 Å². The van der Waals surface area contributed by atoms with Gasteiger partial charge in [-0.3, -0.25) is 4.79 Å². The summed E-state index contributed by atoms with van der Waals surface area (Å²) in [5, 5.41) is 5.37. The number of aromatic nitrogens is 3. The highest BCUT2D eigenvalue weighted by molar-refractivity contribution is 5.95. The summed E-state index contributed by atoms with van der Waals surface area (Å²) in [7, 11) is 1.67. The first kappa shape index (κ1) is 16.6. The molecule has 0 aliphatic carbocycles. The van der Waals surface area contributed by atoms with Crippen molar-refractivity contribution in [3.05, 3.63) is 77.7 Å². The molecular weight excluding hydrogens is 352 g/mol. The number of carbonyl (C=O) groups excluding carboxylic acids is 1. The van der Waals surface area contributed by atoms with Crippen molar-refractivity contribution in [3.8, 4) is 11.4 Å². The number of hydrogen-bond acceptors (Lipinski definition) is 3. The van der Waals surface area contributed by atoms with Crippen LogP contribution >= 0.6 is 0 Å². The Balaban J connectivity index is 1.46. The number of methoxy groups -OCH3 is 1. The number of fused-ring (bicyclic) bond motifs is 3. The number of nitrogens with zero attached hydrogens (tertiary/aromatic N) is 3. The molecule has 1 amide bonds. The molecule has 1 aliphatic heterocycles. The Kier molecular flexibility index (Phi) is 3.90. The first-order valence-corrected chi connectivity index (χ1v) is 9.30. The van der Waals surface area contributed by atoms with Crippen LogP contribution in [0.5, 0.6) is 5.75 Å². The van der Waals surface area contributed by atoms with Crippen LogP contribution in [0.3, 0.4) is 0 Å². The average molecular weight is 372 g/mol. The Morgan fingerprint density at radius 2 is 2.11 bits per heavy atom. The molecule has 28 heavy (non-hydrogen) atoms. The van der Waals surface area contributed by atoms with Crippen molar-refractivity contribution in [2.45, 2.75) is 13.0 Å². The number of nitrogens with one attached hydrogen (secondary N) is 1. The molecule has 4 aromatic rings. The molecule has 0 unspecified atom stereocenters. The predicted octanol–water partition coefficient (Wildman–Crippen LogP) is 3.56. The Morgan fingerprint density at radius 3 is 2.93 bits per heavy atom. The zero-order chi connectivity index (χ0) is 19.1. The number of benzene rings is 2. The van der Waals surface area contributed by atoms with Crippen molar-refractivity contribution < 1.29 is 9.53 Å². The quantitative estimate of drug-likeness (QED) is 0.598. The minimum Gasteiger partial charge on any atom is -0.497 e. The molecule has 6 heteroatoms. The number of rotatable bonds is 3. The summed E-state index contributed by atoms with van der Waals surface area (Å²) in [5.74, 6) is 0.863. The lowest BCUT2D eigenvalue weighted by atomic mass is 10.0. The normalized spacial score (nSPS) is 13.5. The van der Waals surface area contributed by atoms with Crippen LogP contribution in [0.15, 0.2) is 60.9 Å². The van der Waals surface area contributed by atoms with E-state index in [1.54, 1.807) is 18.0 Å². The Morgan fingerprint density at radius 1 is 1.18 bits per heavy atom. The van der Waals surface area contributed by atoms with Crippen LogP contribution in [-0.4, -0.2) is 39.2 Å². The highest BCUT2D eigenvalue weighted by atomic mass is 16.5. The number of aromatic amines is 1. The van der Waals surface area contributed by atoms with E-state index >= 15 is 0 Å². The van der Waals surface area contributed by atoms with E-state index in [4.69, 9.17) is 4.74 Å². The van der Waals surface area contributed by atoms with E-state index in [2.05, 4.69) is 10.1 Å². The number of H-pyrrole nitrogens is 1. The van der Waals surface area contributed by atoms with E-state index < -0.39 is 0 Å². The number of hydrogen-bond donors (Lipinski definition) is 1. The molecule has 0 radical (unpaired) electrons. The maximum absolute atomic E-state index is 13.2. The van der Waals surface area contributed by atoms with E-state index in [1.807, 2.05) is 59.6 Å². The van der Waals surface area contributed by atoms with Crippen LogP contribution in [0.1, 0.15) is 21.6 Å². The molecule has 2 aromatic carbocycles. The van der Waals surface area contributed by atoms with Crippen LogP contribution in [0.4, 0.5) is 0 Å². The van der Waals surface area contributed by atoms with Crippen LogP contribution < -0.4 is 4.74 Å². The topological polar surface area (TPSA) is 63.1 Å². The van der Waals surface area contributed by atoms with Gasteiger partial charge >= 0.3 is 0 Å². The lowest BCUT2D eigenvalue weighted by molar-refractivity contribution is 0.0735. The van der Waals surface area contributed by atoms with Gasteiger partial charge in [-0.05, 0) is 42.5 Å². The summed E-state index contributed by atoms with van der Waals surface area (Å²) in [6, 6.07) is 15.5. The van der Waals surface area contributed by atoms with E-state index in [-0.39, 0.29) is 5.91 Å². The minimum absolute atomic E-state index is 0.0388. The number of ether oxygens (including phenoxy) is 1. The van der Waals surface area contributed by atoms with Gasteiger partial charge in [0.1, 0.15) is 5.75 Å². The largest absolute Gasteiger partial charge is 0.497 e. The number of amides is 1. The molecule has 1 aliphatic rings. The average Bonchev–Trinajstić information content (AvgIpc) is 3.40. The lowest BCUT2D eigenvalue weighted by Gasteiger charge is -2.27. The summed E-state index contributed by atoms with van der Waals surface area (Å²) in [6.07, 6.45) is 4.42. The summed E-state index contributed by atoms with van der Waals surface area (Å²) in [4.78, 5) is 18.6. The van der Waals surface area contributed by atoms with Crippen molar-refractivity contribution >= 4 is 16.8 Å². The fraction of sp³-hybridized carbons (Fsp3) is 0.182. The fourth-order valence-electron chi connectivity index (χ4n) is 3.88. The molecular formula is C22H20N4O2.